The van der Waals surface area contributed by atoms with Gasteiger partial charge in [-0.05, 0) is 35.7 Å². The fraction of sp³-hybridized carbons (Fsp3) is 0.458. The van der Waals surface area contributed by atoms with Crippen molar-refractivity contribution < 1.29 is 19.0 Å². The molecule has 2 heterocycles. The Morgan fingerprint density at radius 1 is 1.06 bits per heavy atom. The van der Waals surface area contributed by atoms with E-state index in [-0.39, 0.29) is 12.1 Å². The number of urea groups is 1. The lowest BCUT2D eigenvalue weighted by Crippen LogP contribution is -2.44. The van der Waals surface area contributed by atoms with Crippen molar-refractivity contribution in [2.75, 3.05) is 70.9 Å². The van der Waals surface area contributed by atoms with Crippen LogP contribution >= 0.6 is 0 Å². The molecule has 2 aliphatic rings. The second kappa shape index (κ2) is 10.1. The molecule has 0 aromatic heterocycles. The number of likely N-dealkylation sites (N-methyl/N-ethyl adjacent to an activating group) is 1. The normalized spacial score (nSPS) is 16.9. The minimum absolute atomic E-state index is 0.0891. The molecule has 8 nitrogen and oxygen atoms in total. The molecule has 172 valence electrons. The van der Waals surface area contributed by atoms with E-state index in [9.17, 15) is 4.79 Å². The van der Waals surface area contributed by atoms with E-state index in [1.54, 1.807) is 32.4 Å². The fourth-order valence-corrected chi connectivity index (χ4v) is 4.42. The van der Waals surface area contributed by atoms with Crippen LogP contribution in [0.15, 0.2) is 36.4 Å². The lowest BCUT2D eigenvalue weighted by molar-refractivity contribution is 0.0168. The molecular formula is C24H32N4O4. The topological polar surface area (TPSA) is 75.3 Å². The standard InChI is InChI=1S/C24H32N4O4/c1-27-9-8-18-14-17(4-6-20(18)27)21(28-10-12-32-13-11-28)16-25-24(29)26-19-5-7-22(30-2)23(15-19)31-3/h4-7,14-15,21H,8-13,16H2,1-3H3,(H2,25,26,29)/t21-/m0/s1. The number of benzene rings is 2. The van der Waals surface area contributed by atoms with Gasteiger partial charge in [-0.15, -0.1) is 0 Å². The predicted molar refractivity (Wildman–Crippen MR) is 125 cm³/mol. The van der Waals surface area contributed by atoms with Crippen LogP contribution < -0.4 is 25.0 Å². The van der Waals surface area contributed by atoms with Crippen molar-refractivity contribution in [2.24, 2.45) is 0 Å². The van der Waals surface area contributed by atoms with Gasteiger partial charge in [0, 0.05) is 50.7 Å². The first-order valence-corrected chi connectivity index (χ1v) is 11.0. The molecule has 1 fully saturated rings. The van der Waals surface area contributed by atoms with Crippen LogP contribution in [0.25, 0.3) is 0 Å². The molecule has 2 aromatic carbocycles. The summed E-state index contributed by atoms with van der Waals surface area (Å²) in [6.07, 6.45) is 1.06. The molecule has 32 heavy (non-hydrogen) atoms. The van der Waals surface area contributed by atoms with Gasteiger partial charge >= 0.3 is 6.03 Å². The molecule has 2 aliphatic heterocycles. The Kier molecular flexibility index (Phi) is 7.02. The molecule has 2 amide bonds. The van der Waals surface area contributed by atoms with E-state index < -0.39 is 0 Å². The van der Waals surface area contributed by atoms with Crippen molar-refractivity contribution in [2.45, 2.75) is 12.5 Å². The van der Waals surface area contributed by atoms with Crippen molar-refractivity contribution in [3.05, 3.63) is 47.5 Å². The van der Waals surface area contributed by atoms with Crippen LogP contribution in [-0.2, 0) is 11.2 Å². The summed E-state index contributed by atoms with van der Waals surface area (Å²) in [5.41, 5.74) is 4.54. The van der Waals surface area contributed by atoms with Crippen molar-refractivity contribution in [1.29, 1.82) is 0 Å². The smallest absolute Gasteiger partial charge is 0.319 e. The molecular weight excluding hydrogens is 408 g/mol. The lowest BCUT2D eigenvalue weighted by Gasteiger charge is -2.35. The number of fused-ring (bicyclic) bond motifs is 1. The second-order valence-corrected chi connectivity index (χ2v) is 8.13. The number of ether oxygens (including phenoxy) is 3. The van der Waals surface area contributed by atoms with Crippen LogP contribution in [0.3, 0.4) is 0 Å². The number of morpholine rings is 1. The van der Waals surface area contributed by atoms with Crippen molar-refractivity contribution >= 4 is 17.4 Å². The second-order valence-electron chi connectivity index (χ2n) is 8.13. The largest absolute Gasteiger partial charge is 0.493 e. The molecule has 0 spiro atoms. The number of rotatable bonds is 7. The highest BCUT2D eigenvalue weighted by atomic mass is 16.5. The first-order valence-electron chi connectivity index (χ1n) is 11.0. The van der Waals surface area contributed by atoms with Gasteiger partial charge in [0.25, 0.3) is 0 Å². The molecule has 0 unspecified atom stereocenters. The van der Waals surface area contributed by atoms with Crippen LogP contribution in [0, 0.1) is 0 Å². The van der Waals surface area contributed by atoms with E-state index in [1.807, 2.05) is 0 Å². The molecule has 0 saturated carbocycles. The number of anilines is 2. The number of carbonyl (C=O) groups excluding carboxylic acids is 1. The summed E-state index contributed by atoms with van der Waals surface area (Å²) in [6, 6.07) is 11.8. The zero-order chi connectivity index (χ0) is 22.5. The average Bonchev–Trinajstić information content (AvgIpc) is 3.20. The number of hydrogen-bond acceptors (Lipinski definition) is 6. The molecule has 1 saturated heterocycles. The van der Waals surface area contributed by atoms with Crippen molar-refractivity contribution in [1.82, 2.24) is 10.2 Å². The van der Waals surface area contributed by atoms with Gasteiger partial charge in [-0.3, -0.25) is 4.90 Å². The summed E-state index contributed by atoms with van der Waals surface area (Å²) < 4.78 is 16.1. The van der Waals surface area contributed by atoms with Gasteiger partial charge in [0.05, 0.1) is 33.5 Å². The molecule has 0 radical (unpaired) electrons. The first-order chi connectivity index (χ1) is 15.6. The third-order valence-corrected chi connectivity index (χ3v) is 6.20. The van der Waals surface area contributed by atoms with E-state index in [1.165, 1.54) is 16.8 Å². The van der Waals surface area contributed by atoms with E-state index in [2.05, 4.69) is 45.7 Å². The van der Waals surface area contributed by atoms with Crippen LogP contribution in [0.2, 0.25) is 0 Å². The number of nitrogens with zero attached hydrogens (tertiary/aromatic N) is 2. The summed E-state index contributed by atoms with van der Waals surface area (Å²) in [5.74, 6) is 1.19. The summed E-state index contributed by atoms with van der Waals surface area (Å²) in [4.78, 5) is 17.3. The molecule has 0 bridgehead atoms. The van der Waals surface area contributed by atoms with Crippen LogP contribution in [0.1, 0.15) is 17.2 Å². The maximum atomic E-state index is 12.7. The Labute approximate surface area is 189 Å². The zero-order valence-corrected chi connectivity index (χ0v) is 19.0. The minimum Gasteiger partial charge on any atom is -0.493 e. The number of hydrogen-bond donors (Lipinski definition) is 2. The Hall–Kier alpha value is -2.97. The van der Waals surface area contributed by atoms with Gasteiger partial charge in [-0.25, -0.2) is 4.79 Å². The molecule has 8 heteroatoms. The molecule has 0 aliphatic carbocycles. The Morgan fingerprint density at radius 2 is 1.84 bits per heavy atom. The predicted octanol–water partition coefficient (Wildman–Crippen LogP) is 2.89. The van der Waals surface area contributed by atoms with Gasteiger partial charge in [-0.1, -0.05) is 12.1 Å². The first kappa shape index (κ1) is 22.2. The summed E-state index contributed by atoms with van der Waals surface area (Å²) >= 11 is 0. The summed E-state index contributed by atoms with van der Waals surface area (Å²) in [7, 11) is 5.29. The molecule has 2 N–H and O–H groups in total. The van der Waals surface area contributed by atoms with Crippen molar-refractivity contribution in [3.63, 3.8) is 0 Å². The fourth-order valence-electron chi connectivity index (χ4n) is 4.42. The van der Waals surface area contributed by atoms with E-state index in [0.717, 1.165) is 26.1 Å². The highest BCUT2D eigenvalue weighted by Gasteiger charge is 2.25. The quantitative estimate of drug-likeness (QED) is 0.690. The van der Waals surface area contributed by atoms with E-state index in [0.29, 0.717) is 36.9 Å². The van der Waals surface area contributed by atoms with Gasteiger partial charge in [0.1, 0.15) is 0 Å². The monoisotopic (exact) mass is 440 g/mol. The molecule has 1 atom stereocenters. The summed E-state index contributed by atoms with van der Waals surface area (Å²) in [6.45, 7) is 4.67. The number of nitrogens with one attached hydrogen (secondary N) is 2. The minimum atomic E-state index is -0.253. The number of carbonyl (C=O) groups is 1. The van der Waals surface area contributed by atoms with Gasteiger partial charge in [0.2, 0.25) is 0 Å². The molecule has 2 aromatic rings. The Morgan fingerprint density at radius 3 is 2.59 bits per heavy atom. The maximum Gasteiger partial charge on any atom is 0.319 e. The average molecular weight is 441 g/mol. The Bertz CT molecular complexity index is 946. The number of amides is 2. The van der Waals surface area contributed by atoms with Gasteiger partial charge < -0.3 is 29.7 Å². The van der Waals surface area contributed by atoms with Crippen LogP contribution in [0.4, 0.5) is 16.2 Å². The van der Waals surface area contributed by atoms with Gasteiger partial charge in [-0.2, -0.15) is 0 Å². The third-order valence-electron chi connectivity index (χ3n) is 6.20. The van der Waals surface area contributed by atoms with Crippen molar-refractivity contribution in [3.8, 4) is 11.5 Å². The number of methoxy groups -OCH3 is 2. The van der Waals surface area contributed by atoms with Gasteiger partial charge in [0.15, 0.2) is 11.5 Å². The zero-order valence-electron chi connectivity index (χ0n) is 19.0. The SMILES string of the molecule is COc1ccc(NC(=O)NC[C@@H](c2ccc3c(c2)CCN3C)N2CCOCC2)cc1OC. The third kappa shape index (κ3) is 4.92. The maximum absolute atomic E-state index is 12.7. The Balaban J connectivity index is 1.45. The summed E-state index contributed by atoms with van der Waals surface area (Å²) in [5, 5.41) is 5.94. The van der Waals surface area contributed by atoms with Crippen LogP contribution in [-0.4, -0.2) is 71.6 Å². The van der Waals surface area contributed by atoms with Crippen LogP contribution in [0.5, 0.6) is 11.5 Å². The van der Waals surface area contributed by atoms with E-state index >= 15 is 0 Å². The molecule has 4 rings (SSSR count). The highest BCUT2D eigenvalue weighted by Crippen LogP contribution is 2.32. The van der Waals surface area contributed by atoms with E-state index in [4.69, 9.17) is 14.2 Å². The lowest BCUT2D eigenvalue weighted by atomic mass is 10.0. The highest BCUT2D eigenvalue weighted by molar-refractivity contribution is 5.89.